The van der Waals surface area contributed by atoms with Crippen LogP contribution >= 0.6 is 0 Å². The number of nitrogens with two attached hydrogens (primary N) is 1. The van der Waals surface area contributed by atoms with Gasteiger partial charge in [0.2, 0.25) is 0 Å². The molecule has 4 heteroatoms. The van der Waals surface area contributed by atoms with Gasteiger partial charge in [0.15, 0.2) is 8.32 Å². The number of hydrogen-bond acceptors (Lipinski definition) is 2. The molecule has 0 atom stereocenters. The maximum absolute atomic E-state index is 5.93. The van der Waals surface area contributed by atoms with Gasteiger partial charge in [-0.15, -0.1) is 0 Å². The van der Waals surface area contributed by atoms with Crippen LogP contribution in [-0.4, -0.2) is 34.5 Å². The van der Waals surface area contributed by atoms with Gasteiger partial charge < -0.3 is 10.2 Å². The van der Waals surface area contributed by atoms with Gasteiger partial charge in [0.25, 0.3) is 0 Å². The van der Waals surface area contributed by atoms with Gasteiger partial charge in [-0.1, -0.05) is 12.2 Å². The van der Waals surface area contributed by atoms with E-state index in [9.17, 15) is 0 Å². The minimum absolute atomic E-state index is 0.123. The van der Waals surface area contributed by atoms with E-state index in [1.54, 1.807) is 0 Å². The highest BCUT2D eigenvalue weighted by molar-refractivity contribution is 6.70. The Balaban J connectivity index is 3.87. The summed E-state index contributed by atoms with van der Waals surface area (Å²) < 4.78 is 5.82. The molecule has 0 aliphatic heterocycles. The summed E-state index contributed by atoms with van der Waals surface area (Å²) in [6.45, 7) is 14.0. The molecule has 0 heterocycles. The van der Waals surface area contributed by atoms with E-state index in [0.29, 0.717) is 0 Å². The number of rotatable bonds is 5. The Morgan fingerprint density at radius 2 is 1.86 bits per heavy atom. The van der Waals surface area contributed by atoms with Crippen molar-refractivity contribution in [2.45, 2.75) is 51.6 Å². The molecule has 0 unspecified atom stereocenters. The standard InChI is InChI=1S/C10H25NOSi2/c1-10(2,11)9-13(3)8-7-12-14(4,5)6/h9H,7-8,11H2,1-6H3. The van der Waals surface area contributed by atoms with Crippen LogP contribution in [0.1, 0.15) is 13.8 Å². The molecule has 0 fully saturated rings. The van der Waals surface area contributed by atoms with Crippen molar-refractivity contribution in [1.82, 2.24) is 0 Å². The zero-order valence-electron chi connectivity index (χ0n) is 10.5. The van der Waals surface area contributed by atoms with Crippen molar-refractivity contribution in [2.24, 2.45) is 5.73 Å². The molecule has 0 aromatic heterocycles. The van der Waals surface area contributed by atoms with Crippen molar-refractivity contribution in [2.75, 3.05) is 6.61 Å². The van der Waals surface area contributed by atoms with Crippen LogP contribution in [0.4, 0.5) is 0 Å². The highest BCUT2D eigenvalue weighted by Crippen LogP contribution is 2.03. The van der Waals surface area contributed by atoms with Crippen molar-refractivity contribution >= 4 is 22.4 Å². The third kappa shape index (κ3) is 10.3. The monoisotopic (exact) mass is 231 g/mol. The topological polar surface area (TPSA) is 35.2 Å². The molecule has 2 nitrogen and oxygen atoms in total. The minimum Gasteiger partial charge on any atom is -0.418 e. The van der Waals surface area contributed by atoms with Crippen LogP contribution in [0.3, 0.4) is 0 Å². The molecular weight excluding hydrogens is 206 g/mol. The molecule has 14 heavy (non-hydrogen) atoms. The van der Waals surface area contributed by atoms with E-state index in [0.717, 1.165) is 6.61 Å². The van der Waals surface area contributed by atoms with E-state index in [-0.39, 0.29) is 5.54 Å². The van der Waals surface area contributed by atoms with Crippen molar-refractivity contribution < 1.29 is 4.43 Å². The molecule has 84 valence electrons. The summed E-state index contributed by atoms with van der Waals surface area (Å²) >= 11 is 0. The molecule has 0 saturated carbocycles. The first kappa shape index (κ1) is 14.2. The SMILES string of the molecule is C[Si](=CC(C)(C)N)CCO[Si](C)(C)C. The summed E-state index contributed by atoms with van der Waals surface area (Å²) in [6, 6.07) is 1.18. The molecule has 2 N–H and O–H groups in total. The summed E-state index contributed by atoms with van der Waals surface area (Å²) in [6.07, 6.45) is 0. The Morgan fingerprint density at radius 3 is 2.21 bits per heavy atom. The van der Waals surface area contributed by atoms with E-state index < -0.39 is 16.7 Å². The van der Waals surface area contributed by atoms with Gasteiger partial charge in [-0.25, -0.2) is 0 Å². The summed E-state index contributed by atoms with van der Waals surface area (Å²) in [5.41, 5.74) is 8.11. The van der Waals surface area contributed by atoms with E-state index in [4.69, 9.17) is 10.2 Å². The fraction of sp³-hybridized carbons (Fsp3) is 0.900. The van der Waals surface area contributed by atoms with Crippen LogP contribution in [0.5, 0.6) is 0 Å². The third-order valence-corrected chi connectivity index (χ3v) is 4.95. The molecule has 0 rings (SSSR count). The van der Waals surface area contributed by atoms with Crippen LogP contribution in [0.15, 0.2) is 0 Å². The molecule has 0 aromatic rings. The minimum atomic E-state index is -1.31. The molecule has 0 aliphatic carbocycles. The lowest BCUT2D eigenvalue weighted by molar-refractivity contribution is 0.334. The van der Waals surface area contributed by atoms with Gasteiger partial charge in [-0.05, 0) is 39.5 Å². The lowest BCUT2D eigenvalue weighted by atomic mass is 10.1. The van der Waals surface area contributed by atoms with Gasteiger partial charge in [-0.2, -0.15) is 0 Å². The van der Waals surface area contributed by atoms with Crippen LogP contribution in [0.25, 0.3) is 0 Å². The summed E-state index contributed by atoms with van der Waals surface area (Å²) in [5.74, 6) is 0. The molecule has 0 aromatic carbocycles. The van der Waals surface area contributed by atoms with Gasteiger partial charge in [0.05, 0.1) is 0 Å². The van der Waals surface area contributed by atoms with E-state index in [1.165, 1.54) is 6.04 Å². The van der Waals surface area contributed by atoms with E-state index in [2.05, 4.69) is 45.7 Å². The quantitative estimate of drug-likeness (QED) is 0.735. The predicted octanol–water partition coefficient (Wildman–Crippen LogP) is 2.08. The van der Waals surface area contributed by atoms with Gasteiger partial charge in [0.1, 0.15) is 0 Å². The average Bonchev–Trinajstić information content (AvgIpc) is 1.78. The Morgan fingerprint density at radius 1 is 1.36 bits per heavy atom. The Hall–Kier alpha value is 0.224. The maximum atomic E-state index is 5.93. The zero-order chi connectivity index (χ0) is 11.4. The second-order valence-electron chi connectivity index (χ2n) is 5.52. The normalized spacial score (nSPS) is 14.6. The first-order valence-corrected chi connectivity index (χ1v) is 10.9. The predicted molar refractivity (Wildman–Crippen MR) is 70.1 cm³/mol. The van der Waals surface area contributed by atoms with Crippen LogP contribution in [-0.2, 0) is 4.43 Å². The molecule has 0 radical (unpaired) electrons. The summed E-state index contributed by atoms with van der Waals surface area (Å²) in [4.78, 5) is 0. The molecule has 0 saturated heterocycles. The molecular formula is C10H25NOSi2. The van der Waals surface area contributed by atoms with Gasteiger partial charge in [-0.3, -0.25) is 0 Å². The highest BCUT2D eigenvalue weighted by atomic mass is 28.4. The summed E-state index contributed by atoms with van der Waals surface area (Å²) in [7, 11) is -1.73. The first-order valence-electron chi connectivity index (χ1n) is 5.21. The van der Waals surface area contributed by atoms with Crippen molar-refractivity contribution in [1.29, 1.82) is 0 Å². The second kappa shape index (κ2) is 5.35. The smallest absolute Gasteiger partial charge is 0.183 e. The Kier molecular flexibility index (Phi) is 5.43. The molecule has 0 spiro atoms. The molecule has 0 bridgehead atoms. The van der Waals surface area contributed by atoms with Gasteiger partial charge >= 0.3 is 0 Å². The second-order valence-corrected chi connectivity index (χ2v) is 12.5. The Labute approximate surface area is 91.2 Å². The largest absolute Gasteiger partial charge is 0.418 e. The number of hydrogen-bond donors (Lipinski definition) is 1. The first-order chi connectivity index (χ1) is 6.10. The lowest BCUT2D eigenvalue weighted by Gasteiger charge is -2.18. The molecule has 0 aliphatic rings. The van der Waals surface area contributed by atoms with Crippen LogP contribution in [0, 0.1) is 0 Å². The molecule has 0 amide bonds. The maximum Gasteiger partial charge on any atom is 0.183 e. The van der Waals surface area contributed by atoms with Crippen molar-refractivity contribution in [3.63, 3.8) is 0 Å². The van der Waals surface area contributed by atoms with Gasteiger partial charge in [0, 0.05) is 20.6 Å². The fourth-order valence-electron chi connectivity index (χ4n) is 1.23. The highest BCUT2D eigenvalue weighted by Gasteiger charge is 2.13. The van der Waals surface area contributed by atoms with E-state index in [1.807, 2.05) is 0 Å². The van der Waals surface area contributed by atoms with Crippen LogP contribution in [0.2, 0.25) is 32.2 Å². The average molecular weight is 231 g/mol. The zero-order valence-corrected chi connectivity index (χ0v) is 12.5. The lowest BCUT2D eigenvalue weighted by Crippen LogP contribution is -2.37. The van der Waals surface area contributed by atoms with Crippen LogP contribution < -0.4 is 5.73 Å². The van der Waals surface area contributed by atoms with Crippen molar-refractivity contribution in [3.05, 3.63) is 0 Å². The fourth-order valence-corrected chi connectivity index (χ4v) is 3.98. The third-order valence-electron chi connectivity index (χ3n) is 1.65. The van der Waals surface area contributed by atoms with Crippen molar-refractivity contribution in [3.8, 4) is 0 Å². The summed E-state index contributed by atoms with van der Waals surface area (Å²) in [5, 5.41) is 0. The Bertz CT molecular complexity index is 201. The van der Waals surface area contributed by atoms with E-state index >= 15 is 0 Å².